The number of hydrogen-bond acceptors (Lipinski definition) is 2. The van der Waals surface area contributed by atoms with Crippen LogP contribution in [0, 0.1) is 10.8 Å². The van der Waals surface area contributed by atoms with Gasteiger partial charge in [-0.1, -0.05) is 34.6 Å². The van der Waals surface area contributed by atoms with E-state index in [2.05, 4.69) is 39.9 Å². The monoisotopic (exact) mass is 215 g/mol. The number of nitrogens with one attached hydrogen (secondary N) is 1. The molecular formula is C12H25NO2. The highest BCUT2D eigenvalue weighted by Gasteiger charge is 2.31. The minimum Gasteiger partial charge on any atom is -0.481 e. The lowest BCUT2D eigenvalue weighted by molar-refractivity contribution is -0.137. The lowest BCUT2D eigenvalue weighted by atomic mass is 9.69. The fourth-order valence-electron chi connectivity index (χ4n) is 1.03. The summed E-state index contributed by atoms with van der Waals surface area (Å²) < 4.78 is 0. The van der Waals surface area contributed by atoms with Gasteiger partial charge in [0.2, 0.25) is 0 Å². The van der Waals surface area contributed by atoms with Crippen LogP contribution in [-0.2, 0) is 4.79 Å². The second-order valence-corrected chi connectivity index (χ2v) is 5.81. The number of carboxylic acid groups (broad SMARTS) is 1. The number of aliphatic carboxylic acids is 1. The Hall–Kier alpha value is -0.570. The van der Waals surface area contributed by atoms with E-state index in [1.54, 1.807) is 0 Å². The van der Waals surface area contributed by atoms with E-state index in [0.29, 0.717) is 6.42 Å². The lowest BCUT2D eigenvalue weighted by Gasteiger charge is -2.39. The number of hydrogen-bond donors (Lipinski definition) is 2. The van der Waals surface area contributed by atoms with Gasteiger partial charge in [0.05, 0.1) is 0 Å². The second kappa shape index (κ2) is 5.50. The van der Waals surface area contributed by atoms with Crippen molar-refractivity contribution in [2.75, 3.05) is 13.1 Å². The van der Waals surface area contributed by atoms with E-state index in [-0.39, 0.29) is 17.3 Å². The molecule has 0 saturated carbocycles. The molecular weight excluding hydrogens is 190 g/mol. The third kappa shape index (κ3) is 5.78. The largest absolute Gasteiger partial charge is 0.481 e. The highest BCUT2D eigenvalue weighted by atomic mass is 16.4. The van der Waals surface area contributed by atoms with E-state index < -0.39 is 5.97 Å². The average Bonchev–Trinajstić information content (AvgIpc) is 2.00. The standard InChI is InChI=1S/C12H25NO2/c1-11(2,3)12(4,5)9-13-8-6-7-10(14)15/h13H,6-9H2,1-5H3,(H,14,15). The summed E-state index contributed by atoms with van der Waals surface area (Å²) >= 11 is 0. The average molecular weight is 215 g/mol. The van der Waals surface area contributed by atoms with Crippen molar-refractivity contribution in [2.45, 2.75) is 47.5 Å². The minimum atomic E-state index is -0.716. The van der Waals surface area contributed by atoms with Gasteiger partial charge in [-0.25, -0.2) is 0 Å². The zero-order valence-electron chi connectivity index (χ0n) is 10.7. The SMILES string of the molecule is CC(C)(C)C(C)(C)CNCCCC(=O)O. The molecule has 90 valence electrons. The second-order valence-electron chi connectivity index (χ2n) is 5.81. The summed E-state index contributed by atoms with van der Waals surface area (Å²) in [6.45, 7) is 12.9. The minimum absolute atomic E-state index is 0.218. The molecule has 0 aromatic heterocycles. The molecule has 0 unspecified atom stereocenters. The molecule has 15 heavy (non-hydrogen) atoms. The zero-order chi connectivity index (χ0) is 12.1. The van der Waals surface area contributed by atoms with Gasteiger partial charge in [0, 0.05) is 13.0 Å². The van der Waals surface area contributed by atoms with Gasteiger partial charge in [0.1, 0.15) is 0 Å². The van der Waals surface area contributed by atoms with Gasteiger partial charge in [-0.2, -0.15) is 0 Å². The van der Waals surface area contributed by atoms with Crippen molar-refractivity contribution in [1.82, 2.24) is 5.32 Å². The Bertz CT molecular complexity index is 204. The van der Waals surface area contributed by atoms with Gasteiger partial charge in [0.25, 0.3) is 0 Å². The Labute approximate surface area is 93.3 Å². The summed E-state index contributed by atoms with van der Waals surface area (Å²) in [6.07, 6.45) is 0.957. The van der Waals surface area contributed by atoms with Crippen molar-refractivity contribution in [3.63, 3.8) is 0 Å². The number of carboxylic acids is 1. The Balaban J connectivity index is 3.72. The van der Waals surface area contributed by atoms with Gasteiger partial charge in [-0.05, 0) is 23.8 Å². The molecule has 0 aromatic rings. The van der Waals surface area contributed by atoms with Crippen LogP contribution in [-0.4, -0.2) is 24.2 Å². The third-order valence-corrected chi connectivity index (χ3v) is 3.34. The van der Waals surface area contributed by atoms with Crippen molar-refractivity contribution < 1.29 is 9.90 Å². The van der Waals surface area contributed by atoms with E-state index >= 15 is 0 Å². The molecule has 0 atom stereocenters. The zero-order valence-corrected chi connectivity index (χ0v) is 10.7. The van der Waals surface area contributed by atoms with E-state index in [1.165, 1.54) is 0 Å². The summed E-state index contributed by atoms with van der Waals surface area (Å²) in [5, 5.41) is 11.8. The Morgan fingerprint density at radius 3 is 2.13 bits per heavy atom. The normalized spacial score (nSPS) is 12.9. The number of carbonyl (C=O) groups is 1. The van der Waals surface area contributed by atoms with E-state index in [1.807, 2.05) is 0 Å². The first-order valence-corrected chi connectivity index (χ1v) is 5.59. The number of rotatable bonds is 6. The molecule has 0 saturated heterocycles. The summed E-state index contributed by atoms with van der Waals surface area (Å²) in [4.78, 5) is 10.3. The maximum absolute atomic E-state index is 10.3. The van der Waals surface area contributed by atoms with E-state index in [4.69, 9.17) is 5.11 Å². The quantitative estimate of drug-likeness (QED) is 0.669. The molecule has 2 N–H and O–H groups in total. The van der Waals surface area contributed by atoms with E-state index in [9.17, 15) is 4.79 Å². The van der Waals surface area contributed by atoms with Gasteiger partial charge >= 0.3 is 5.97 Å². The molecule has 0 aliphatic carbocycles. The van der Waals surface area contributed by atoms with Gasteiger partial charge in [0.15, 0.2) is 0 Å². The highest BCUT2D eigenvalue weighted by molar-refractivity contribution is 5.66. The Morgan fingerprint density at radius 1 is 1.20 bits per heavy atom. The Morgan fingerprint density at radius 2 is 1.73 bits per heavy atom. The predicted octanol–water partition coefficient (Wildman–Crippen LogP) is 2.51. The van der Waals surface area contributed by atoms with E-state index in [0.717, 1.165) is 13.1 Å². The molecule has 0 radical (unpaired) electrons. The molecule has 0 bridgehead atoms. The van der Waals surface area contributed by atoms with Crippen LogP contribution >= 0.6 is 0 Å². The van der Waals surface area contributed by atoms with Crippen LogP contribution in [0.3, 0.4) is 0 Å². The molecule has 0 rings (SSSR count). The molecule has 0 fully saturated rings. The summed E-state index contributed by atoms with van der Waals surface area (Å²) in [5.41, 5.74) is 0.475. The maximum atomic E-state index is 10.3. The summed E-state index contributed by atoms with van der Waals surface area (Å²) in [5.74, 6) is -0.716. The molecule has 0 aliphatic heterocycles. The molecule has 3 heteroatoms. The van der Waals surface area contributed by atoms with Crippen LogP contribution in [0.1, 0.15) is 47.5 Å². The van der Waals surface area contributed by atoms with Crippen molar-refractivity contribution in [3.05, 3.63) is 0 Å². The maximum Gasteiger partial charge on any atom is 0.303 e. The van der Waals surface area contributed by atoms with Crippen LogP contribution in [0.25, 0.3) is 0 Å². The first kappa shape index (κ1) is 14.4. The van der Waals surface area contributed by atoms with Crippen molar-refractivity contribution in [1.29, 1.82) is 0 Å². The summed E-state index contributed by atoms with van der Waals surface area (Å²) in [7, 11) is 0. The van der Waals surface area contributed by atoms with Crippen molar-refractivity contribution in [3.8, 4) is 0 Å². The molecule has 0 aliphatic rings. The molecule has 0 aromatic carbocycles. The molecule has 0 heterocycles. The van der Waals surface area contributed by atoms with Crippen molar-refractivity contribution in [2.24, 2.45) is 10.8 Å². The van der Waals surface area contributed by atoms with Crippen molar-refractivity contribution >= 4 is 5.97 Å². The van der Waals surface area contributed by atoms with Crippen LogP contribution < -0.4 is 5.32 Å². The third-order valence-electron chi connectivity index (χ3n) is 3.34. The van der Waals surface area contributed by atoms with Crippen LogP contribution in [0.2, 0.25) is 0 Å². The Kier molecular flexibility index (Phi) is 5.29. The molecule has 0 spiro atoms. The predicted molar refractivity (Wildman–Crippen MR) is 63.0 cm³/mol. The lowest BCUT2D eigenvalue weighted by Crippen LogP contribution is -2.39. The molecule has 3 nitrogen and oxygen atoms in total. The van der Waals surface area contributed by atoms with Gasteiger partial charge in [-0.3, -0.25) is 4.79 Å². The first-order chi connectivity index (χ1) is 6.67. The van der Waals surface area contributed by atoms with Crippen LogP contribution in [0.15, 0.2) is 0 Å². The van der Waals surface area contributed by atoms with Crippen LogP contribution in [0.5, 0.6) is 0 Å². The fourth-order valence-corrected chi connectivity index (χ4v) is 1.03. The van der Waals surface area contributed by atoms with Gasteiger partial charge in [-0.15, -0.1) is 0 Å². The fraction of sp³-hybridized carbons (Fsp3) is 0.917. The highest BCUT2D eigenvalue weighted by Crippen LogP contribution is 2.36. The van der Waals surface area contributed by atoms with Gasteiger partial charge < -0.3 is 10.4 Å². The first-order valence-electron chi connectivity index (χ1n) is 5.59. The topological polar surface area (TPSA) is 49.3 Å². The van der Waals surface area contributed by atoms with Crippen LogP contribution in [0.4, 0.5) is 0 Å². The summed E-state index contributed by atoms with van der Waals surface area (Å²) in [6, 6.07) is 0. The smallest absolute Gasteiger partial charge is 0.303 e. The molecule has 0 amide bonds.